The van der Waals surface area contributed by atoms with Crippen molar-refractivity contribution in [2.75, 3.05) is 18.0 Å². The number of carboxylic acids is 1. The van der Waals surface area contributed by atoms with Crippen molar-refractivity contribution < 1.29 is 9.90 Å². The van der Waals surface area contributed by atoms with E-state index < -0.39 is 5.97 Å². The number of carboxylic acid groups (broad SMARTS) is 1. The van der Waals surface area contributed by atoms with E-state index in [0.717, 1.165) is 30.6 Å². The van der Waals surface area contributed by atoms with Crippen molar-refractivity contribution in [3.8, 4) is 0 Å². The van der Waals surface area contributed by atoms with Crippen LogP contribution in [0.1, 0.15) is 42.5 Å². The van der Waals surface area contributed by atoms with Gasteiger partial charge in [0.1, 0.15) is 0 Å². The Kier molecular flexibility index (Phi) is 3.88. The number of carbonyl (C=O) groups is 1. The summed E-state index contributed by atoms with van der Waals surface area (Å²) in [4.78, 5) is 13.3. The maximum atomic E-state index is 11.0. The average Bonchev–Trinajstić information content (AvgIpc) is 2.46. The number of anilines is 1. The highest BCUT2D eigenvalue weighted by atomic mass is 35.5. The zero-order valence-electron chi connectivity index (χ0n) is 11.5. The van der Waals surface area contributed by atoms with Crippen molar-refractivity contribution in [2.24, 2.45) is 11.8 Å². The Morgan fingerprint density at radius 3 is 2.65 bits per heavy atom. The first-order chi connectivity index (χ1) is 9.65. The van der Waals surface area contributed by atoms with E-state index in [9.17, 15) is 4.79 Å². The zero-order valence-corrected chi connectivity index (χ0v) is 12.3. The molecule has 1 N–H and O–H groups in total. The fraction of sp³-hybridized carbons (Fsp3) is 0.562. The van der Waals surface area contributed by atoms with Crippen molar-refractivity contribution >= 4 is 23.3 Å². The summed E-state index contributed by atoms with van der Waals surface area (Å²) >= 11 is 6.28. The van der Waals surface area contributed by atoms with Gasteiger partial charge < -0.3 is 10.0 Å². The quantitative estimate of drug-likeness (QED) is 0.894. The molecule has 3 nitrogen and oxygen atoms in total. The minimum atomic E-state index is -0.926. The van der Waals surface area contributed by atoms with Gasteiger partial charge in [-0.2, -0.15) is 0 Å². The van der Waals surface area contributed by atoms with E-state index in [-0.39, 0.29) is 5.56 Å². The lowest BCUT2D eigenvalue weighted by molar-refractivity contribution is 0.0697. The maximum Gasteiger partial charge on any atom is 0.335 e. The van der Waals surface area contributed by atoms with E-state index in [0.29, 0.717) is 5.02 Å². The number of fused-ring (bicyclic) bond motifs is 1. The number of rotatable bonds is 2. The molecule has 1 aromatic carbocycles. The van der Waals surface area contributed by atoms with Crippen LogP contribution in [0.3, 0.4) is 0 Å². The standard InChI is InChI=1S/C16H20ClNO2/c17-14-9-12(16(19)20)5-6-15(14)18-8-7-11-3-1-2-4-13(11)10-18/h5-6,9,11,13H,1-4,7-8,10H2,(H,19,20). The summed E-state index contributed by atoms with van der Waals surface area (Å²) in [5, 5.41) is 9.55. The van der Waals surface area contributed by atoms with Crippen molar-refractivity contribution in [1.29, 1.82) is 0 Å². The summed E-state index contributed by atoms with van der Waals surface area (Å²) in [6.45, 7) is 2.10. The third kappa shape index (κ3) is 2.64. The molecule has 1 saturated carbocycles. The molecular formula is C16H20ClNO2. The van der Waals surface area contributed by atoms with Gasteiger partial charge in [0.2, 0.25) is 0 Å². The summed E-state index contributed by atoms with van der Waals surface area (Å²) in [5.74, 6) is 0.745. The topological polar surface area (TPSA) is 40.5 Å². The molecule has 1 saturated heterocycles. The molecule has 1 heterocycles. The second-order valence-corrected chi connectivity index (χ2v) is 6.42. The third-order valence-corrected chi connectivity index (χ3v) is 5.13. The van der Waals surface area contributed by atoms with Gasteiger partial charge in [0.25, 0.3) is 0 Å². The second kappa shape index (κ2) is 5.65. The molecule has 2 unspecified atom stereocenters. The van der Waals surface area contributed by atoms with E-state index >= 15 is 0 Å². The number of benzene rings is 1. The minimum absolute atomic E-state index is 0.256. The molecule has 4 heteroatoms. The van der Waals surface area contributed by atoms with Crippen molar-refractivity contribution in [1.82, 2.24) is 0 Å². The van der Waals surface area contributed by atoms with Crippen LogP contribution in [0, 0.1) is 11.8 Å². The zero-order chi connectivity index (χ0) is 14.1. The lowest BCUT2D eigenvalue weighted by Crippen LogP contribution is -2.41. The second-order valence-electron chi connectivity index (χ2n) is 6.01. The molecule has 3 rings (SSSR count). The van der Waals surface area contributed by atoms with Crippen LogP contribution in [-0.4, -0.2) is 24.2 Å². The lowest BCUT2D eigenvalue weighted by Gasteiger charge is -2.42. The van der Waals surface area contributed by atoms with Crippen molar-refractivity contribution in [3.63, 3.8) is 0 Å². The monoisotopic (exact) mass is 293 g/mol. The number of hydrogen-bond acceptors (Lipinski definition) is 2. The highest BCUT2D eigenvalue weighted by molar-refractivity contribution is 6.33. The summed E-state index contributed by atoms with van der Waals surface area (Å²) < 4.78 is 0. The van der Waals surface area contributed by atoms with Crippen LogP contribution < -0.4 is 4.90 Å². The predicted molar refractivity (Wildman–Crippen MR) is 80.7 cm³/mol. The third-order valence-electron chi connectivity index (χ3n) is 4.83. The molecule has 0 bridgehead atoms. The van der Waals surface area contributed by atoms with Gasteiger partial charge >= 0.3 is 5.97 Å². The molecule has 108 valence electrons. The Bertz CT molecular complexity index is 517. The molecule has 2 aliphatic rings. The molecule has 20 heavy (non-hydrogen) atoms. The Labute approximate surface area is 124 Å². The number of nitrogens with zero attached hydrogens (tertiary/aromatic N) is 1. The SMILES string of the molecule is O=C(O)c1ccc(N2CCC3CCCCC3C2)c(Cl)c1. The highest BCUT2D eigenvalue weighted by Gasteiger charge is 2.31. The predicted octanol–water partition coefficient (Wildman–Crippen LogP) is 4.05. The molecule has 1 aliphatic heterocycles. The summed E-state index contributed by atoms with van der Waals surface area (Å²) in [6.07, 6.45) is 6.67. The molecule has 2 fully saturated rings. The van der Waals surface area contributed by atoms with Gasteiger partial charge in [-0.15, -0.1) is 0 Å². The summed E-state index contributed by atoms with van der Waals surface area (Å²) in [7, 11) is 0. The van der Waals surface area contributed by atoms with Crippen LogP contribution in [0.25, 0.3) is 0 Å². The van der Waals surface area contributed by atoms with Gasteiger partial charge in [-0.05, 0) is 42.9 Å². The van der Waals surface area contributed by atoms with Gasteiger partial charge in [0, 0.05) is 13.1 Å². The number of halogens is 1. The molecule has 0 radical (unpaired) electrons. The fourth-order valence-electron chi connectivity index (χ4n) is 3.72. The van der Waals surface area contributed by atoms with E-state index in [1.54, 1.807) is 12.1 Å². The van der Waals surface area contributed by atoms with Gasteiger partial charge in [-0.25, -0.2) is 4.79 Å². The summed E-state index contributed by atoms with van der Waals surface area (Å²) in [6, 6.07) is 5.07. The van der Waals surface area contributed by atoms with E-state index in [1.807, 2.05) is 6.07 Å². The Morgan fingerprint density at radius 2 is 1.95 bits per heavy atom. The van der Waals surface area contributed by atoms with E-state index in [2.05, 4.69) is 4.90 Å². The lowest BCUT2D eigenvalue weighted by atomic mass is 9.75. The van der Waals surface area contributed by atoms with Gasteiger partial charge in [0.15, 0.2) is 0 Å². The normalized spacial score (nSPS) is 26.1. The molecule has 0 spiro atoms. The van der Waals surface area contributed by atoms with E-state index in [4.69, 9.17) is 16.7 Å². The first-order valence-corrected chi connectivity index (χ1v) is 7.81. The van der Waals surface area contributed by atoms with Crippen LogP contribution in [-0.2, 0) is 0 Å². The minimum Gasteiger partial charge on any atom is -0.478 e. The van der Waals surface area contributed by atoms with Crippen molar-refractivity contribution in [3.05, 3.63) is 28.8 Å². The largest absolute Gasteiger partial charge is 0.478 e. The van der Waals surface area contributed by atoms with Crippen LogP contribution >= 0.6 is 11.6 Å². The first-order valence-electron chi connectivity index (χ1n) is 7.43. The Morgan fingerprint density at radius 1 is 1.20 bits per heavy atom. The van der Waals surface area contributed by atoms with Crippen LogP contribution in [0.2, 0.25) is 5.02 Å². The highest BCUT2D eigenvalue weighted by Crippen LogP contribution is 2.39. The van der Waals surface area contributed by atoms with Crippen LogP contribution in [0.5, 0.6) is 0 Å². The molecule has 0 amide bonds. The Hall–Kier alpha value is -1.22. The van der Waals surface area contributed by atoms with E-state index in [1.165, 1.54) is 32.1 Å². The maximum absolute atomic E-state index is 11.0. The van der Waals surface area contributed by atoms with Crippen LogP contribution in [0.4, 0.5) is 5.69 Å². The molecule has 1 aromatic rings. The molecular weight excluding hydrogens is 274 g/mol. The smallest absolute Gasteiger partial charge is 0.335 e. The van der Waals surface area contributed by atoms with Crippen molar-refractivity contribution in [2.45, 2.75) is 32.1 Å². The molecule has 0 aromatic heterocycles. The number of aromatic carboxylic acids is 1. The molecule has 2 atom stereocenters. The van der Waals surface area contributed by atoms with Crippen LogP contribution in [0.15, 0.2) is 18.2 Å². The molecule has 1 aliphatic carbocycles. The van der Waals surface area contributed by atoms with Gasteiger partial charge in [-0.1, -0.05) is 30.9 Å². The van der Waals surface area contributed by atoms with Gasteiger partial charge in [0.05, 0.1) is 16.3 Å². The van der Waals surface area contributed by atoms with Gasteiger partial charge in [-0.3, -0.25) is 0 Å². The number of hydrogen-bond donors (Lipinski definition) is 1. The number of piperidine rings is 1. The fourth-order valence-corrected chi connectivity index (χ4v) is 4.02. The Balaban J connectivity index is 1.78. The first kappa shape index (κ1) is 13.7. The summed E-state index contributed by atoms with van der Waals surface area (Å²) in [5.41, 5.74) is 1.24. The average molecular weight is 294 g/mol.